The molecule has 6 heteroatoms. The Morgan fingerprint density at radius 2 is 0.507 bits per heavy atom. The van der Waals surface area contributed by atoms with Crippen LogP contribution in [0.4, 0.5) is 0 Å². The lowest BCUT2D eigenvalue weighted by molar-refractivity contribution is -0.167. The average molecular weight is 994 g/mol. The van der Waals surface area contributed by atoms with Gasteiger partial charge in [-0.15, -0.1) is 0 Å². The Hall–Kier alpha value is -2.89. The number of carbonyl (C=O) groups is 3. The molecule has 0 bridgehead atoms. The molecule has 0 aliphatic carbocycles. The van der Waals surface area contributed by atoms with Crippen molar-refractivity contribution in [1.82, 2.24) is 0 Å². The Labute approximate surface area is 440 Å². The van der Waals surface area contributed by atoms with Crippen molar-refractivity contribution in [2.24, 2.45) is 0 Å². The number of esters is 3. The molecule has 412 valence electrons. The van der Waals surface area contributed by atoms with Crippen molar-refractivity contribution in [3.05, 3.63) is 60.8 Å². The quantitative estimate of drug-likeness (QED) is 0.0261. The van der Waals surface area contributed by atoms with Crippen LogP contribution < -0.4 is 0 Å². The first-order chi connectivity index (χ1) is 35.0. The van der Waals surface area contributed by atoms with Gasteiger partial charge in [0.1, 0.15) is 13.2 Å². The molecule has 0 N–H and O–H groups in total. The van der Waals surface area contributed by atoms with E-state index in [9.17, 15) is 14.4 Å². The Balaban J connectivity index is 4.38. The second-order valence-electron chi connectivity index (χ2n) is 20.6. The van der Waals surface area contributed by atoms with Crippen LogP contribution in [0, 0.1) is 0 Å². The zero-order chi connectivity index (χ0) is 51.4. The van der Waals surface area contributed by atoms with Crippen LogP contribution in [0.25, 0.3) is 0 Å². The van der Waals surface area contributed by atoms with E-state index < -0.39 is 6.10 Å². The normalized spacial score (nSPS) is 12.4. The minimum atomic E-state index is -0.783. The molecule has 0 amide bonds. The third-order valence-electron chi connectivity index (χ3n) is 13.5. The molecule has 0 aliphatic heterocycles. The summed E-state index contributed by atoms with van der Waals surface area (Å²) >= 11 is 0. The molecule has 0 radical (unpaired) electrons. The molecule has 0 aliphatic rings. The van der Waals surface area contributed by atoms with E-state index in [4.69, 9.17) is 14.2 Å². The fourth-order valence-electron chi connectivity index (χ4n) is 8.79. The first kappa shape index (κ1) is 68.1. The summed E-state index contributed by atoms with van der Waals surface area (Å²) < 4.78 is 16.9. The largest absolute Gasteiger partial charge is 0.462 e. The van der Waals surface area contributed by atoms with E-state index >= 15 is 0 Å². The van der Waals surface area contributed by atoms with Gasteiger partial charge >= 0.3 is 17.9 Å². The highest BCUT2D eigenvalue weighted by atomic mass is 16.6. The summed E-state index contributed by atoms with van der Waals surface area (Å²) in [7, 11) is 0. The van der Waals surface area contributed by atoms with Crippen molar-refractivity contribution in [2.45, 2.75) is 322 Å². The van der Waals surface area contributed by atoms with E-state index in [1.165, 1.54) is 193 Å². The van der Waals surface area contributed by atoms with E-state index in [1.54, 1.807) is 0 Å². The molecule has 0 heterocycles. The summed E-state index contributed by atoms with van der Waals surface area (Å²) in [6.07, 6.45) is 74.9. The van der Waals surface area contributed by atoms with Gasteiger partial charge < -0.3 is 14.2 Å². The molecule has 0 rings (SSSR count). The first-order valence-electron chi connectivity index (χ1n) is 30.8. The van der Waals surface area contributed by atoms with Crippen LogP contribution in [0.5, 0.6) is 0 Å². The van der Waals surface area contributed by atoms with Gasteiger partial charge in [0.05, 0.1) is 0 Å². The van der Waals surface area contributed by atoms with Crippen LogP contribution in [0.15, 0.2) is 60.8 Å². The number of carbonyl (C=O) groups excluding carboxylic acids is 3. The Kier molecular flexibility index (Phi) is 57.2. The van der Waals surface area contributed by atoms with Crippen LogP contribution in [-0.2, 0) is 28.6 Å². The van der Waals surface area contributed by atoms with Crippen LogP contribution in [0.2, 0.25) is 0 Å². The number of hydrogen-bond acceptors (Lipinski definition) is 6. The van der Waals surface area contributed by atoms with Gasteiger partial charge in [0.25, 0.3) is 0 Å². The molecule has 0 aromatic rings. The summed E-state index contributed by atoms with van der Waals surface area (Å²) in [5.74, 6) is -0.883. The lowest BCUT2D eigenvalue weighted by Gasteiger charge is -2.18. The standard InChI is InChI=1S/C65H116O6/c1-4-7-10-13-16-19-22-25-28-31-32-35-37-40-43-46-49-52-55-58-64(67)70-61-62(71-65(68)59-56-53-50-47-44-41-38-34-30-27-24-21-18-15-12-9-6-3)60-69-63(66)57-54-51-48-45-42-39-36-33-29-26-23-20-17-14-11-8-5-2/h17-18,20-21,25-30,62H,4-16,19,22-24,31-61H2,1-3H3/b20-17-,21-18-,28-25-,29-26-,30-27-/t62-/m1/s1. The van der Waals surface area contributed by atoms with Crippen LogP contribution in [0.1, 0.15) is 316 Å². The molecule has 0 aromatic carbocycles. The van der Waals surface area contributed by atoms with Crippen LogP contribution >= 0.6 is 0 Å². The number of rotatable bonds is 56. The van der Waals surface area contributed by atoms with E-state index in [1.807, 2.05) is 0 Å². The van der Waals surface area contributed by atoms with Gasteiger partial charge in [-0.3, -0.25) is 14.4 Å². The molecule has 71 heavy (non-hydrogen) atoms. The van der Waals surface area contributed by atoms with Gasteiger partial charge in [-0.2, -0.15) is 0 Å². The van der Waals surface area contributed by atoms with Gasteiger partial charge in [-0.05, 0) is 109 Å². The number of unbranched alkanes of at least 4 members (excludes halogenated alkanes) is 35. The average Bonchev–Trinajstić information content (AvgIpc) is 3.37. The van der Waals surface area contributed by atoms with Gasteiger partial charge in [0.15, 0.2) is 6.10 Å². The van der Waals surface area contributed by atoms with Crippen molar-refractivity contribution in [2.75, 3.05) is 13.2 Å². The monoisotopic (exact) mass is 993 g/mol. The highest BCUT2D eigenvalue weighted by Crippen LogP contribution is 2.16. The summed E-state index contributed by atoms with van der Waals surface area (Å²) in [6, 6.07) is 0. The summed E-state index contributed by atoms with van der Waals surface area (Å²) in [4.78, 5) is 38.3. The van der Waals surface area contributed by atoms with Crippen molar-refractivity contribution < 1.29 is 28.6 Å². The zero-order valence-corrected chi connectivity index (χ0v) is 47.2. The third kappa shape index (κ3) is 57.9. The fraction of sp³-hybridized carbons (Fsp3) is 0.800. The third-order valence-corrected chi connectivity index (χ3v) is 13.5. The van der Waals surface area contributed by atoms with Crippen molar-refractivity contribution in [3.8, 4) is 0 Å². The minimum absolute atomic E-state index is 0.0797. The molecule has 0 aromatic heterocycles. The lowest BCUT2D eigenvalue weighted by Crippen LogP contribution is -2.30. The molecular weight excluding hydrogens is 877 g/mol. The Bertz CT molecular complexity index is 1280. The Morgan fingerprint density at radius 3 is 0.817 bits per heavy atom. The second-order valence-corrected chi connectivity index (χ2v) is 20.6. The van der Waals surface area contributed by atoms with Crippen molar-refractivity contribution >= 4 is 17.9 Å². The molecule has 0 spiro atoms. The van der Waals surface area contributed by atoms with Gasteiger partial charge in [-0.1, -0.05) is 248 Å². The van der Waals surface area contributed by atoms with E-state index in [0.29, 0.717) is 19.3 Å². The van der Waals surface area contributed by atoms with Gasteiger partial charge in [0.2, 0.25) is 0 Å². The SMILES string of the molecule is CCCCC/C=C\C/C=C\CCCCCCCCCC(=O)OC[C@H](COC(=O)CCCCCCCCCCC/C=C\CCCCCCCC)OC(=O)CCCCCCCCC/C=C\C/C=C\CCCCC. The van der Waals surface area contributed by atoms with Crippen molar-refractivity contribution in [3.63, 3.8) is 0 Å². The summed E-state index contributed by atoms with van der Waals surface area (Å²) in [5, 5.41) is 0. The van der Waals surface area contributed by atoms with Crippen LogP contribution in [0.3, 0.4) is 0 Å². The van der Waals surface area contributed by atoms with Gasteiger partial charge in [0, 0.05) is 19.3 Å². The fourth-order valence-corrected chi connectivity index (χ4v) is 8.79. The van der Waals surface area contributed by atoms with E-state index in [2.05, 4.69) is 81.5 Å². The molecule has 0 fully saturated rings. The molecule has 0 unspecified atom stereocenters. The predicted octanol–water partition coefficient (Wildman–Crippen LogP) is 20.8. The topological polar surface area (TPSA) is 78.9 Å². The number of allylic oxidation sites excluding steroid dienone is 10. The van der Waals surface area contributed by atoms with Gasteiger partial charge in [-0.25, -0.2) is 0 Å². The smallest absolute Gasteiger partial charge is 0.306 e. The molecule has 0 saturated carbocycles. The zero-order valence-electron chi connectivity index (χ0n) is 47.2. The maximum atomic E-state index is 12.9. The minimum Gasteiger partial charge on any atom is -0.462 e. The maximum Gasteiger partial charge on any atom is 0.306 e. The van der Waals surface area contributed by atoms with Crippen LogP contribution in [-0.4, -0.2) is 37.2 Å². The summed E-state index contributed by atoms with van der Waals surface area (Å²) in [6.45, 7) is 6.61. The van der Waals surface area contributed by atoms with Crippen molar-refractivity contribution in [1.29, 1.82) is 0 Å². The lowest BCUT2D eigenvalue weighted by atomic mass is 10.1. The first-order valence-corrected chi connectivity index (χ1v) is 30.8. The maximum absolute atomic E-state index is 12.9. The molecular formula is C65H116O6. The number of hydrogen-bond donors (Lipinski definition) is 0. The highest BCUT2D eigenvalue weighted by molar-refractivity contribution is 5.71. The van der Waals surface area contributed by atoms with E-state index in [-0.39, 0.29) is 31.1 Å². The molecule has 6 nitrogen and oxygen atoms in total. The summed E-state index contributed by atoms with van der Waals surface area (Å²) in [5.41, 5.74) is 0. The van der Waals surface area contributed by atoms with E-state index in [0.717, 1.165) is 83.5 Å². The predicted molar refractivity (Wildman–Crippen MR) is 307 cm³/mol. The highest BCUT2D eigenvalue weighted by Gasteiger charge is 2.19. The second kappa shape index (κ2) is 59.7. The number of ether oxygens (including phenoxy) is 3. The Morgan fingerprint density at radius 1 is 0.282 bits per heavy atom. The molecule has 0 saturated heterocycles. The molecule has 1 atom stereocenters.